The fourth-order valence-corrected chi connectivity index (χ4v) is 3.12. The fourth-order valence-electron chi connectivity index (χ4n) is 1.60. The van der Waals surface area contributed by atoms with E-state index < -0.39 is 9.84 Å². The third kappa shape index (κ3) is 2.36. The molecule has 0 aliphatic rings. The molecule has 0 saturated carbocycles. The second kappa shape index (κ2) is 4.29. The summed E-state index contributed by atoms with van der Waals surface area (Å²) in [5.74, 6) is -0.0494. The van der Waals surface area contributed by atoms with Crippen molar-refractivity contribution in [1.29, 1.82) is 0 Å². The summed E-state index contributed by atoms with van der Waals surface area (Å²) in [5, 5.41) is 7.22. The second-order valence-electron chi connectivity index (χ2n) is 3.91. The van der Waals surface area contributed by atoms with Crippen LogP contribution in [0.25, 0.3) is 0 Å². The molecule has 0 saturated heterocycles. The minimum Gasteiger partial charge on any atom is -0.308 e. The lowest BCUT2D eigenvalue weighted by Crippen LogP contribution is -2.11. The summed E-state index contributed by atoms with van der Waals surface area (Å²) in [6.45, 7) is 1.89. The van der Waals surface area contributed by atoms with Crippen molar-refractivity contribution in [3.05, 3.63) is 41.7 Å². The summed E-state index contributed by atoms with van der Waals surface area (Å²) in [4.78, 5) is 0. The first-order valence-electron chi connectivity index (χ1n) is 5.12. The van der Waals surface area contributed by atoms with Crippen molar-refractivity contribution in [3.63, 3.8) is 0 Å². The Balaban J connectivity index is 2.37. The number of hydrogen-bond acceptors (Lipinski definition) is 4. The van der Waals surface area contributed by atoms with Gasteiger partial charge in [0.25, 0.3) is 0 Å². The molecule has 0 N–H and O–H groups in total. The van der Waals surface area contributed by atoms with Gasteiger partial charge in [0.1, 0.15) is 6.33 Å². The van der Waals surface area contributed by atoms with Crippen molar-refractivity contribution < 1.29 is 8.42 Å². The Labute approximate surface area is 100 Å². The quantitative estimate of drug-likeness (QED) is 0.819. The van der Waals surface area contributed by atoms with Crippen molar-refractivity contribution in [1.82, 2.24) is 14.8 Å². The smallest absolute Gasteiger partial charge is 0.249 e. The number of aromatic nitrogens is 3. The van der Waals surface area contributed by atoms with E-state index in [0.29, 0.717) is 0 Å². The number of rotatable bonds is 3. The van der Waals surface area contributed by atoms with Gasteiger partial charge in [-0.1, -0.05) is 24.3 Å². The first-order chi connectivity index (χ1) is 8.00. The molecule has 2 aromatic rings. The van der Waals surface area contributed by atoms with Crippen LogP contribution in [0.1, 0.15) is 11.1 Å². The van der Waals surface area contributed by atoms with Gasteiger partial charge in [0.15, 0.2) is 0 Å². The van der Waals surface area contributed by atoms with Crippen LogP contribution >= 0.6 is 0 Å². The van der Waals surface area contributed by atoms with Crippen LogP contribution in [0.4, 0.5) is 0 Å². The molecule has 90 valence electrons. The van der Waals surface area contributed by atoms with Gasteiger partial charge in [-0.05, 0) is 18.1 Å². The molecule has 1 aromatic carbocycles. The van der Waals surface area contributed by atoms with E-state index >= 15 is 0 Å². The highest BCUT2D eigenvalue weighted by molar-refractivity contribution is 7.90. The molecule has 0 bridgehead atoms. The third-order valence-corrected chi connectivity index (χ3v) is 4.17. The second-order valence-corrected chi connectivity index (χ2v) is 5.79. The summed E-state index contributed by atoms with van der Waals surface area (Å²) in [5.41, 5.74) is 1.74. The fraction of sp³-hybridized carbons (Fsp3) is 0.273. The number of hydrogen-bond donors (Lipinski definition) is 0. The van der Waals surface area contributed by atoms with Crippen LogP contribution in [0.3, 0.4) is 0 Å². The summed E-state index contributed by atoms with van der Waals surface area (Å²) < 4.78 is 25.6. The summed E-state index contributed by atoms with van der Waals surface area (Å²) in [6, 6.07) is 7.41. The Bertz CT molecular complexity index is 632. The molecular weight excluding hydrogens is 238 g/mol. The minimum absolute atomic E-state index is 0.000697. The molecule has 0 aliphatic heterocycles. The molecule has 17 heavy (non-hydrogen) atoms. The average Bonchev–Trinajstić information content (AvgIpc) is 2.68. The number of benzene rings is 1. The van der Waals surface area contributed by atoms with Crippen LogP contribution in [0.2, 0.25) is 0 Å². The maximum Gasteiger partial charge on any atom is 0.249 e. The normalized spacial score (nSPS) is 11.6. The molecule has 0 fully saturated rings. The van der Waals surface area contributed by atoms with Crippen molar-refractivity contribution in [2.45, 2.75) is 17.8 Å². The zero-order valence-corrected chi connectivity index (χ0v) is 10.5. The maximum absolute atomic E-state index is 12.1. The van der Waals surface area contributed by atoms with E-state index in [1.807, 2.05) is 31.2 Å². The summed E-state index contributed by atoms with van der Waals surface area (Å²) in [6.07, 6.45) is 1.38. The Morgan fingerprint density at radius 2 is 2.00 bits per heavy atom. The number of sulfone groups is 1. The third-order valence-electron chi connectivity index (χ3n) is 2.55. The Hall–Kier alpha value is -1.69. The van der Waals surface area contributed by atoms with E-state index in [4.69, 9.17) is 0 Å². The van der Waals surface area contributed by atoms with Crippen molar-refractivity contribution >= 4 is 9.84 Å². The van der Waals surface area contributed by atoms with Gasteiger partial charge < -0.3 is 4.57 Å². The van der Waals surface area contributed by atoms with Gasteiger partial charge in [0.05, 0.1) is 5.75 Å². The van der Waals surface area contributed by atoms with Crippen LogP contribution in [-0.4, -0.2) is 23.2 Å². The SMILES string of the molecule is Cc1ccccc1CS(=O)(=O)c1nncn1C. The zero-order valence-electron chi connectivity index (χ0n) is 9.66. The molecule has 0 aliphatic carbocycles. The van der Waals surface area contributed by atoms with E-state index in [1.54, 1.807) is 7.05 Å². The highest BCUT2D eigenvalue weighted by atomic mass is 32.2. The van der Waals surface area contributed by atoms with Gasteiger partial charge >= 0.3 is 0 Å². The first kappa shape index (κ1) is 11.8. The van der Waals surface area contributed by atoms with Gasteiger partial charge in [-0.15, -0.1) is 10.2 Å². The van der Waals surface area contributed by atoms with Crippen LogP contribution in [0.15, 0.2) is 35.7 Å². The molecule has 0 amide bonds. The predicted octanol–water partition coefficient (Wildman–Crippen LogP) is 1.10. The molecule has 5 nitrogen and oxygen atoms in total. The minimum atomic E-state index is -3.43. The average molecular weight is 251 g/mol. The molecule has 0 spiro atoms. The van der Waals surface area contributed by atoms with E-state index in [2.05, 4.69) is 10.2 Å². The number of aryl methyl sites for hydroxylation is 2. The molecule has 1 aromatic heterocycles. The first-order valence-corrected chi connectivity index (χ1v) is 6.77. The van der Waals surface area contributed by atoms with Gasteiger partial charge in [0.2, 0.25) is 15.0 Å². The monoisotopic (exact) mass is 251 g/mol. The lowest BCUT2D eigenvalue weighted by Gasteiger charge is -2.06. The van der Waals surface area contributed by atoms with Gasteiger partial charge in [-0.25, -0.2) is 8.42 Å². The molecular formula is C11H13N3O2S. The highest BCUT2D eigenvalue weighted by Crippen LogP contribution is 2.16. The topological polar surface area (TPSA) is 64.8 Å². The standard InChI is InChI=1S/C11H13N3O2S/c1-9-5-3-4-6-10(9)7-17(15,16)11-13-12-8-14(11)2/h3-6,8H,7H2,1-2H3. The van der Waals surface area contributed by atoms with Crippen molar-refractivity contribution in [2.75, 3.05) is 0 Å². The van der Waals surface area contributed by atoms with Crippen LogP contribution < -0.4 is 0 Å². The predicted molar refractivity (Wildman–Crippen MR) is 63.1 cm³/mol. The largest absolute Gasteiger partial charge is 0.308 e. The molecule has 0 radical (unpaired) electrons. The van der Waals surface area contributed by atoms with Crippen LogP contribution in [0.5, 0.6) is 0 Å². The summed E-state index contributed by atoms with van der Waals surface area (Å²) in [7, 11) is -1.82. The Kier molecular flexibility index (Phi) is 2.97. The Morgan fingerprint density at radius 1 is 1.29 bits per heavy atom. The molecule has 0 atom stereocenters. The van der Waals surface area contributed by atoms with E-state index in [9.17, 15) is 8.42 Å². The van der Waals surface area contributed by atoms with Crippen molar-refractivity contribution in [3.8, 4) is 0 Å². The van der Waals surface area contributed by atoms with Gasteiger partial charge in [-0.3, -0.25) is 0 Å². The zero-order chi connectivity index (χ0) is 12.5. The molecule has 1 heterocycles. The van der Waals surface area contributed by atoms with E-state index in [0.717, 1.165) is 11.1 Å². The molecule has 2 rings (SSSR count). The molecule has 0 unspecified atom stereocenters. The van der Waals surface area contributed by atoms with E-state index in [1.165, 1.54) is 10.9 Å². The van der Waals surface area contributed by atoms with Crippen LogP contribution in [-0.2, 0) is 22.6 Å². The molecule has 6 heteroatoms. The van der Waals surface area contributed by atoms with E-state index in [-0.39, 0.29) is 10.9 Å². The summed E-state index contributed by atoms with van der Waals surface area (Å²) >= 11 is 0. The lowest BCUT2D eigenvalue weighted by molar-refractivity contribution is 0.577. The van der Waals surface area contributed by atoms with Gasteiger partial charge in [0, 0.05) is 7.05 Å². The maximum atomic E-state index is 12.1. The number of nitrogens with zero attached hydrogens (tertiary/aromatic N) is 3. The Morgan fingerprint density at radius 3 is 2.59 bits per heavy atom. The van der Waals surface area contributed by atoms with Crippen molar-refractivity contribution in [2.24, 2.45) is 7.05 Å². The lowest BCUT2D eigenvalue weighted by atomic mass is 10.1. The van der Waals surface area contributed by atoms with Crippen LogP contribution in [0, 0.1) is 6.92 Å². The van der Waals surface area contributed by atoms with Gasteiger partial charge in [-0.2, -0.15) is 0 Å². The highest BCUT2D eigenvalue weighted by Gasteiger charge is 2.21.